The van der Waals surface area contributed by atoms with Gasteiger partial charge in [-0.15, -0.1) is 0 Å². The van der Waals surface area contributed by atoms with Crippen LogP contribution in [-0.2, 0) is 18.3 Å². The van der Waals surface area contributed by atoms with Crippen molar-refractivity contribution in [1.29, 1.82) is 0 Å². The summed E-state index contributed by atoms with van der Waals surface area (Å²) >= 11 is 3.16. The van der Waals surface area contributed by atoms with E-state index in [1.807, 2.05) is 0 Å². The monoisotopic (exact) mass is 369 g/mol. The number of carbonyl (C=O) groups excluding carboxylic acids is 1. The topological polar surface area (TPSA) is 47.4 Å². The van der Waals surface area contributed by atoms with Crippen LogP contribution in [0, 0.1) is 5.82 Å². The molecule has 0 aliphatic carbocycles. The Morgan fingerprint density at radius 3 is 2.86 bits per heavy atom. The Labute approximate surface area is 136 Å². The van der Waals surface area contributed by atoms with Gasteiger partial charge in [0, 0.05) is 33.4 Å². The molecule has 0 fully saturated rings. The zero-order chi connectivity index (χ0) is 16.1. The largest absolute Gasteiger partial charge is 0.383 e. The molecule has 0 aliphatic heterocycles. The van der Waals surface area contributed by atoms with Gasteiger partial charge >= 0.3 is 0 Å². The van der Waals surface area contributed by atoms with Crippen LogP contribution in [0.4, 0.5) is 4.39 Å². The molecule has 0 spiro atoms. The van der Waals surface area contributed by atoms with E-state index < -0.39 is 0 Å². The van der Waals surface area contributed by atoms with E-state index in [0.29, 0.717) is 29.9 Å². The van der Waals surface area contributed by atoms with Gasteiger partial charge in [0.1, 0.15) is 11.5 Å². The van der Waals surface area contributed by atoms with Crippen LogP contribution in [0.25, 0.3) is 0 Å². The molecule has 1 amide bonds. The summed E-state index contributed by atoms with van der Waals surface area (Å²) in [6.07, 6.45) is 3.25. The van der Waals surface area contributed by atoms with Crippen LogP contribution in [0.2, 0.25) is 0 Å². The molecule has 0 unspecified atom stereocenters. The fraction of sp³-hybridized carbons (Fsp3) is 0.333. The average molecular weight is 370 g/mol. The summed E-state index contributed by atoms with van der Waals surface area (Å²) in [7, 11) is 3.39. The number of amides is 1. The molecule has 7 heteroatoms. The van der Waals surface area contributed by atoms with E-state index in [1.165, 1.54) is 6.07 Å². The number of methoxy groups -OCH3 is 1. The minimum absolute atomic E-state index is 0.182. The van der Waals surface area contributed by atoms with Crippen LogP contribution in [0.5, 0.6) is 0 Å². The normalized spacial score (nSPS) is 10.7. The molecule has 1 heterocycles. The molecule has 5 nitrogen and oxygen atoms in total. The van der Waals surface area contributed by atoms with Gasteiger partial charge in [-0.05, 0) is 33.6 Å². The fourth-order valence-corrected chi connectivity index (χ4v) is 2.42. The summed E-state index contributed by atoms with van der Waals surface area (Å²) in [5, 5.41) is 0. The number of halogens is 2. The molecule has 0 aliphatic rings. The van der Waals surface area contributed by atoms with Crippen molar-refractivity contribution in [3.8, 4) is 0 Å². The molecule has 2 aromatic rings. The first kappa shape index (κ1) is 16.6. The summed E-state index contributed by atoms with van der Waals surface area (Å²) in [5.41, 5.74) is 1.20. The lowest BCUT2D eigenvalue weighted by molar-refractivity contribution is 0.0675. The maximum absolute atomic E-state index is 13.3. The lowest BCUT2D eigenvalue weighted by Gasteiger charge is -2.21. The number of imidazole rings is 1. The Morgan fingerprint density at radius 1 is 1.50 bits per heavy atom. The van der Waals surface area contributed by atoms with Gasteiger partial charge in [-0.25, -0.2) is 9.37 Å². The van der Waals surface area contributed by atoms with Crippen LogP contribution < -0.4 is 0 Å². The van der Waals surface area contributed by atoms with Gasteiger partial charge < -0.3 is 14.2 Å². The second-order valence-electron chi connectivity index (χ2n) is 4.89. The smallest absolute Gasteiger partial charge is 0.274 e. The van der Waals surface area contributed by atoms with Gasteiger partial charge in [-0.3, -0.25) is 4.79 Å². The molecule has 0 saturated carbocycles. The third kappa shape index (κ3) is 4.14. The first-order chi connectivity index (χ1) is 10.5. The predicted molar refractivity (Wildman–Crippen MR) is 83.9 cm³/mol. The highest BCUT2D eigenvalue weighted by atomic mass is 79.9. The van der Waals surface area contributed by atoms with Gasteiger partial charge in [0.15, 0.2) is 0 Å². The lowest BCUT2D eigenvalue weighted by atomic mass is 10.2. The molecule has 1 aromatic carbocycles. The molecular weight excluding hydrogens is 353 g/mol. The molecule has 2 rings (SSSR count). The van der Waals surface area contributed by atoms with Crippen molar-refractivity contribution in [3.63, 3.8) is 0 Å². The van der Waals surface area contributed by atoms with Crippen molar-refractivity contribution in [2.45, 2.75) is 6.54 Å². The molecule has 0 atom stereocenters. The van der Waals surface area contributed by atoms with Crippen LogP contribution in [-0.4, -0.2) is 40.6 Å². The van der Waals surface area contributed by atoms with Crippen LogP contribution in [0.3, 0.4) is 0 Å². The Bertz CT molecular complexity index is 660. The second-order valence-corrected chi connectivity index (χ2v) is 5.75. The molecular formula is C15H17BrFN3O2. The molecule has 22 heavy (non-hydrogen) atoms. The van der Waals surface area contributed by atoms with E-state index in [-0.39, 0.29) is 11.7 Å². The number of aromatic nitrogens is 2. The number of hydrogen-bond donors (Lipinski definition) is 0. The number of nitrogens with zero attached hydrogens (tertiary/aromatic N) is 3. The van der Waals surface area contributed by atoms with Crippen LogP contribution in [0.15, 0.2) is 35.2 Å². The zero-order valence-corrected chi connectivity index (χ0v) is 14.0. The zero-order valence-electron chi connectivity index (χ0n) is 12.4. The third-order valence-electron chi connectivity index (χ3n) is 3.13. The maximum atomic E-state index is 13.3. The van der Waals surface area contributed by atoms with Crippen molar-refractivity contribution in [2.24, 2.45) is 7.05 Å². The lowest BCUT2D eigenvalue weighted by Crippen LogP contribution is -2.33. The number of carbonyl (C=O) groups is 1. The van der Waals surface area contributed by atoms with Crippen molar-refractivity contribution < 1.29 is 13.9 Å². The molecule has 0 saturated heterocycles. The van der Waals surface area contributed by atoms with E-state index in [0.717, 1.165) is 5.56 Å². The van der Waals surface area contributed by atoms with E-state index in [1.54, 1.807) is 48.3 Å². The highest BCUT2D eigenvalue weighted by molar-refractivity contribution is 9.10. The van der Waals surface area contributed by atoms with Crippen LogP contribution >= 0.6 is 15.9 Å². The van der Waals surface area contributed by atoms with E-state index in [2.05, 4.69) is 20.9 Å². The highest BCUT2D eigenvalue weighted by Crippen LogP contribution is 2.18. The summed E-state index contributed by atoms with van der Waals surface area (Å²) in [6, 6.07) is 4.70. The maximum Gasteiger partial charge on any atom is 0.274 e. The summed E-state index contributed by atoms with van der Waals surface area (Å²) < 4.78 is 20.5. The Balaban J connectivity index is 2.18. The standard InChI is InChI=1S/C15H17BrFN3O2/c1-19-9-14(18-10-19)15(21)20(5-6-22-2)8-11-3-4-13(17)12(16)7-11/h3-4,7,9-10H,5-6,8H2,1-2H3. The summed E-state index contributed by atoms with van der Waals surface area (Å²) in [5.74, 6) is -0.513. The molecule has 1 aromatic heterocycles. The van der Waals surface area contributed by atoms with Crippen molar-refractivity contribution in [2.75, 3.05) is 20.3 Å². The third-order valence-corrected chi connectivity index (χ3v) is 3.74. The molecule has 0 radical (unpaired) electrons. The summed E-state index contributed by atoms with van der Waals surface area (Å²) in [4.78, 5) is 18.2. The Hall–Kier alpha value is -1.73. The van der Waals surface area contributed by atoms with Crippen molar-refractivity contribution >= 4 is 21.8 Å². The number of aryl methyl sites for hydroxylation is 1. The highest BCUT2D eigenvalue weighted by Gasteiger charge is 2.18. The van der Waals surface area contributed by atoms with Gasteiger partial charge in [0.05, 0.1) is 17.4 Å². The first-order valence-corrected chi connectivity index (χ1v) is 7.50. The van der Waals surface area contributed by atoms with Gasteiger partial charge in [0.25, 0.3) is 5.91 Å². The SMILES string of the molecule is COCCN(Cc1ccc(F)c(Br)c1)C(=O)c1cn(C)cn1. The number of benzene rings is 1. The van der Waals surface area contributed by atoms with Gasteiger partial charge in [0.2, 0.25) is 0 Å². The first-order valence-electron chi connectivity index (χ1n) is 6.71. The van der Waals surface area contributed by atoms with Crippen LogP contribution in [0.1, 0.15) is 16.1 Å². The number of ether oxygens (including phenoxy) is 1. The quantitative estimate of drug-likeness (QED) is 0.786. The Morgan fingerprint density at radius 2 is 2.27 bits per heavy atom. The van der Waals surface area contributed by atoms with E-state index >= 15 is 0 Å². The summed E-state index contributed by atoms with van der Waals surface area (Å²) in [6.45, 7) is 1.21. The Kier molecular flexibility index (Phi) is 5.68. The van der Waals surface area contributed by atoms with Gasteiger partial charge in [-0.1, -0.05) is 6.07 Å². The fourth-order valence-electron chi connectivity index (χ4n) is 2.00. The minimum atomic E-state index is -0.330. The predicted octanol–water partition coefficient (Wildman–Crippen LogP) is 2.61. The number of hydrogen-bond acceptors (Lipinski definition) is 3. The number of rotatable bonds is 6. The van der Waals surface area contributed by atoms with Crippen molar-refractivity contribution in [3.05, 3.63) is 52.3 Å². The average Bonchev–Trinajstić information content (AvgIpc) is 2.93. The molecule has 0 N–H and O–H groups in total. The minimum Gasteiger partial charge on any atom is -0.383 e. The second kappa shape index (κ2) is 7.51. The van der Waals surface area contributed by atoms with Gasteiger partial charge in [-0.2, -0.15) is 0 Å². The molecule has 0 bridgehead atoms. The van der Waals surface area contributed by atoms with Crippen molar-refractivity contribution in [1.82, 2.24) is 14.5 Å². The van der Waals surface area contributed by atoms with E-state index in [4.69, 9.17) is 4.74 Å². The molecule has 118 valence electrons. The van der Waals surface area contributed by atoms with E-state index in [9.17, 15) is 9.18 Å².